The lowest BCUT2D eigenvalue weighted by atomic mass is 10.1. The van der Waals surface area contributed by atoms with Crippen LogP contribution in [-0.2, 0) is 4.79 Å². The molecule has 1 aromatic rings. The van der Waals surface area contributed by atoms with Crippen LogP contribution in [-0.4, -0.2) is 54.8 Å². The van der Waals surface area contributed by atoms with E-state index in [0.29, 0.717) is 17.5 Å². The van der Waals surface area contributed by atoms with E-state index in [2.05, 4.69) is 9.98 Å². The van der Waals surface area contributed by atoms with E-state index < -0.39 is 0 Å². The molecule has 23 heavy (non-hydrogen) atoms. The third-order valence-corrected chi connectivity index (χ3v) is 4.53. The van der Waals surface area contributed by atoms with Crippen molar-refractivity contribution in [2.45, 2.75) is 6.42 Å². The second kappa shape index (κ2) is 7.79. The molecule has 0 bridgehead atoms. The molecule has 6 nitrogen and oxygen atoms in total. The van der Waals surface area contributed by atoms with E-state index in [4.69, 9.17) is 0 Å². The highest BCUT2D eigenvalue weighted by Crippen LogP contribution is 2.25. The molecule has 2 rings (SSSR count). The number of hydrogen-bond donors (Lipinski definition) is 0. The maximum atomic E-state index is 11.3. The van der Waals surface area contributed by atoms with Crippen LogP contribution >= 0.6 is 11.8 Å². The van der Waals surface area contributed by atoms with Crippen molar-refractivity contribution in [1.29, 1.82) is 5.26 Å². The Morgan fingerprint density at radius 2 is 2.30 bits per heavy atom. The minimum atomic E-state index is 0.0106. The summed E-state index contributed by atoms with van der Waals surface area (Å²) < 4.78 is 0. The van der Waals surface area contributed by atoms with Crippen LogP contribution in [0.15, 0.2) is 28.9 Å². The smallest absolute Gasteiger partial charge is 0.164 e. The number of rotatable bonds is 4. The molecule has 1 aliphatic heterocycles. The van der Waals surface area contributed by atoms with Crippen LogP contribution < -0.4 is 4.90 Å². The van der Waals surface area contributed by atoms with Crippen molar-refractivity contribution in [2.75, 3.05) is 38.3 Å². The van der Waals surface area contributed by atoms with Crippen molar-refractivity contribution in [3.8, 4) is 6.07 Å². The molecule has 0 aliphatic carbocycles. The van der Waals surface area contributed by atoms with Gasteiger partial charge in [-0.05, 0) is 18.6 Å². The van der Waals surface area contributed by atoms with Gasteiger partial charge >= 0.3 is 0 Å². The number of pyridine rings is 1. The minimum Gasteiger partial charge on any atom is -0.363 e. The number of thioether (sulfide) groups is 1. The number of aldehydes is 1. The molecule has 0 amide bonds. The van der Waals surface area contributed by atoms with Crippen LogP contribution in [0.3, 0.4) is 0 Å². The third kappa shape index (κ3) is 4.11. The van der Waals surface area contributed by atoms with Gasteiger partial charge in [-0.1, -0.05) is 11.8 Å². The van der Waals surface area contributed by atoms with E-state index in [9.17, 15) is 10.1 Å². The molecular formula is C16H19N5OS. The number of anilines is 1. The summed E-state index contributed by atoms with van der Waals surface area (Å²) in [5.41, 5.74) is 1.04. The Kier molecular flexibility index (Phi) is 5.77. The molecule has 1 saturated heterocycles. The Labute approximate surface area is 140 Å². The van der Waals surface area contributed by atoms with Crippen LogP contribution in [0.4, 0.5) is 5.82 Å². The van der Waals surface area contributed by atoms with Crippen molar-refractivity contribution in [2.24, 2.45) is 4.99 Å². The Morgan fingerprint density at radius 3 is 2.83 bits per heavy atom. The first-order valence-corrected chi connectivity index (χ1v) is 8.21. The molecule has 7 heteroatoms. The summed E-state index contributed by atoms with van der Waals surface area (Å²) in [6, 6.07) is 5.60. The maximum absolute atomic E-state index is 11.3. The lowest BCUT2D eigenvalue weighted by molar-refractivity contribution is -0.104. The number of nitriles is 1. The highest BCUT2D eigenvalue weighted by atomic mass is 32.2. The van der Waals surface area contributed by atoms with Crippen LogP contribution in [0.25, 0.3) is 5.70 Å². The fourth-order valence-electron chi connectivity index (χ4n) is 2.09. The molecule has 1 aliphatic rings. The summed E-state index contributed by atoms with van der Waals surface area (Å²) in [5.74, 6) is 1.78. The normalized spacial score (nSPS) is 17.5. The molecule has 0 atom stereocenters. The molecule has 0 saturated carbocycles. The summed E-state index contributed by atoms with van der Waals surface area (Å²) >= 11 is 1.63. The van der Waals surface area contributed by atoms with Gasteiger partial charge in [0.15, 0.2) is 11.5 Å². The number of aliphatic imine (C=N–C) groups is 1. The van der Waals surface area contributed by atoms with Gasteiger partial charge in [0.05, 0.1) is 5.70 Å². The molecule has 0 N–H and O–H groups in total. The van der Waals surface area contributed by atoms with Gasteiger partial charge in [-0.15, -0.1) is 0 Å². The first-order valence-electron chi connectivity index (χ1n) is 7.22. The van der Waals surface area contributed by atoms with E-state index >= 15 is 0 Å². The zero-order chi connectivity index (χ0) is 16.8. The van der Waals surface area contributed by atoms with Crippen molar-refractivity contribution < 1.29 is 4.79 Å². The molecule has 0 radical (unpaired) electrons. The topological polar surface area (TPSA) is 72.6 Å². The van der Waals surface area contributed by atoms with Crippen LogP contribution in [0.1, 0.15) is 12.0 Å². The Balaban J connectivity index is 2.47. The molecule has 120 valence electrons. The predicted octanol–water partition coefficient (Wildman–Crippen LogP) is 2.01. The highest BCUT2D eigenvalue weighted by molar-refractivity contribution is 8.13. The zero-order valence-corrected chi connectivity index (χ0v) is 14.3. The van der Waals surface area contributed by atoms with E-state index in [-0.39, 0.29) is 5.57 Å². The fourth-order valence-corrected chi connectivity index (χ4v) is 3.01. The van der Waals surface area contributed by atoms with Gasteiger partial charge in [-0.25, -0.2) is 9.98 Å². The molecular weight excluding hydrogens is 310 g/mol. The molecule has 0 spiro atoms. The molecule has 2 heterocycles. The van der Waals surface area contributed by atoms with Gasteiger partial charge in [-0.3, -0.25) is 4.79 Å². The molecule has 1 fully saturated rings. The number of aromatic nitrogens is 1. The second-order valence-electron chi connectivity index (χ2n) is 5.31. The van der Waals surface area contributed by atoms with E-state index in [1.807, 2.05) is 49.1 Å². The van der Waals surface area contributed by atoms with Crippen molar-refractivity contribution in [1.82, 2.24) is 9.88 Å². The van der Waals surface area contributed by atoms with Crippen LogP contribution in [0.5, 0.6) is 0 Å². The SMILES string of the molecule is CN1CCCSC1=N/C(=C(/C#N)C=O)c1ccc(N(C)C)nc1. The van der Waals surface area contributed by atoms with Crippen molar-refractivity contribution in [3.63, 3.8) is 0 Å². The number of amidine groups is 1. The minimum absolute atomic E-state index is 0.0106. The van der Waals surface area contributed by atoms with Gasteiger partial charge in [0.2, 0.25) is 0 Å². The van der Waals surface area contributed by atoms with Gasteiger partial charge in [0.1, 0.15) is 17.5 Å². The van der Waals surface area contributed by atoms with Gasteiger partial charge in [-0.2, -0.15) is 5.26 Å². The number of carbonyl (C=O) groups is 1. The number of hydrogen-bond acceptors (Lipinski definition) is 6. The fraction of sp³-hybridized carbons (Fsp3) is 0.375. The summed E-state index contributed by atoms with van der Waals surface area (Å²) in [6.45, 7) is 0.917. The summed E-state index contributed by atoms with van der Waals surface area (Å²) in [5, 5.41) is 10.1. The third-order valence-electron chi connectivity index (χ3n) is 3.38. The standard InChI is InChI=1S/C16H19N5OS/c1-20(2)14-6-5-12(10-18-14)15(13(9-17)11-22)19-16-21(3)7-4-8-23-16/h5-6,10-11H,4,7-8H2,1-3H3/b15-13-,19-16?. The number of allylic oxidation sites excluding steroid dienone is 1. The Morgan fingerprint density at radius 1 is 1.52 bits per heavy atom. The van der Waals surface area contributed by atoms with Crippen molar-refractivity contribution >= 4 is 34.7 Å². The van der Waals surface area contributed by atoms with Crippen LogP contribution in [0, 0.1) is 11.3 Å². The van der Waals surface area contributed by atoms with Crippen LogP contribution in [0.2, 0.25) is 0 Å². The Hall–Kier alpha value is -2.33. The zero-order valence-electron chi connectivity index (χ0n) is 13.5. The number of nitrogens with zero attached hydrogens (tertiary/aromatic N) is 5. The van der Waals surface area contributed by atoms with E-state index in [0.717, 1.165) is 29.7 Å². The highest BCUT2D eigenvalue weighted by Gasteiger charge is 2.16. The second-order valence-corrected chi connectivity index (χ2v) is 6.37. The summed E-state index contributed by atoms with van der Waals surface area (Å²) in [6.07, 6.45) is 3.28. The number of carbonyl (C=O) groups excluding carboxylic acids is 1. The summed E-state index contributed by atoms with van der Waals surface area (Å²) in [7, 11) is 5.76. The maximum Gasteiger partial charge on any atom is 0.164 e. The largest absolute Gasteiger partial charge is 0.363 e. The Bertz CT molecular complexity index is 673. The van der Waals surface area contributed by atoms with E-state index in [1.165, 1.54) is 0 Å². The van der Waals surface area contributed by atoms with Crippen molar-refractivity contribution in [3.05, 3.63) is 29.5 Å². The first-order chi connectivity index (χ1) is 11.1. The van der Waals surface area contributed by atoms with Gasteiger partial charge in [0.25, 0.3) is 0 Å². The molecule has 0 unspecified atom stereocenters. The average Bonchev–Trinajstić information content (AvgIpc) is 2.57. The summed E-state index contributed by atoms with van der Waals surface area (Å²) in [4.78, 5) is 24.1. The lowest BCUT2D eigenvalue weighted by Gasteiger charge is -2.25. The average molecular weight is 329 g/mol. The quantitative estimate of drug-likeness (QED) is 0.478. The molecule has 0 aromatic carbocycles. The monoisotopic (exact) mass is 329 g/mol. The van der Waals surface area contributed by atoms with Gasteiger partial charge in [0, 0.05) is 45.2 Å². The predicted molar refractivity (Wildman–Crippen MR) is 94.3 cm³/mol. The van der Waals surface area contributed by atoms with Gasteiger partial charge < -0.3 is 9.80 Å². The first kappa shape index (κ1) is 17.0. The lowest BCUT2D eigenvalue weighted by Crippen LogP contribution is -2.30. The van der Waals surface area contributed by atoms with E-state index in [1.54, 1.807) is 18.0 Å². The molecule has 1 aromatic heterocycles.